The van der Waals surface area contributed by atoms with Crippen LogP contribution in [0.4, 0.5) is 4.79 Å². The molecule has 0 radical (unpaired) electrons. The van der Waals surface area contributed by atoms with E-state index in [4.69, 9.17) is 10.5 Å². The Balaban J connectivity index is 2.06. The van der Waals surface area contributed by atoms with Crippen molar-refractivity contribution in [1.82, 2.24) is 5.32 Å². The zero-order valence-electron chi connectivity index (χ0n) is 5.65. The number of nitrogens with one attached hydrogen (secondary N) is 1. The van der Waals surface area contributed by atoms with Crippen molar-refractivity contribution in [2.24, 2.45) is 5.73 Å². The number of carbonyl (C=O) groups excluding carboxylic acids is 2. The second kappa shape index (κ2) is 3.20. The number of nitrogens with two attached hydrogens (primary N) is 1. The average molecular weight is 160 g/mol. The summed E-state index contributed by atoms with van der Waals surface area (Å²) in [6.45, 7) is 0.470. The van der Waals surface area contributed by atoms with Gasteiger partial charge in [-0.1, -0.05) is 0 Å². The van der Waals surface area contributed by atoms with Crippen molar-refractivity contribution in [2.75, 3.05) is 6.61 Å². The lowest BCUT2D eigenvalue weighted by Crippen LogP contribution is -2.33. The van der Waals surface area contributed by atoms with Crippen LogP contribution < -0.4 is 11.1 Å². The number of rotatable bonds is 4. The van der Waals surface area contributed by atoms with Crippen molar-refractivity contribution in [2.45, 2.75) is 12.3 Å². The molecule has 11 heavy (non-hydrogen) atoms. The largest absolute Gasteiger partial charge is 0.465 e. The summed E-state index contributed by atoms with van der Waals surface area (Å²) < 4.78 is 9.21. The van der Waals surface area contributed by atoms with E-state index in [0.717, 1.165) is 0 Å². The highest BCUT2D eigenvalue weighted by Gasteiger charge is 2.40. The lowest BCUT2D eigenvalue weighted by Gasteiger charge is -1.93. The molecular formula is C5H8N2O4. The molecule has 0 aromatic carbocycles. The smallest absolute Gasteiger partial charge is 0.314 e. The Labute approximate surface area is 62.6 Å². The molecule has 1 aliphatic heterocycles. The van der Waals surface area contributed by atoms with Crippen LogP contribution >= 0.6 is 0 Å². The number of ether oxygens (including phenoxy) is 2. The van der Waals surface area contributed by atoms with Gasteiger partial charge in [-0.2, -0.15) is 0 Å². The molecule has 6 nitrogen and oxygen atoms in total. The molecule has 3 N–H and O–H groups in total. The van der Waals surface area contributed by atoms with Crippen molar-refractivity contribution in [3.63, 3.8) is 0 Å². The molecule has 0 saturated carbocycles. The molecule has 1 fully saturated rings. The molecule has 6 heteroatoms. The maximum atomic E-state index is 10.2. The summed E-state index contributed by atoms with van der Waals surface area (Å²) in [6.07, 6.45) is -0.639. The number of epoxide rings is 1. The van der Waals surface area contributed by atoms with E-state index in [0.29, 0.717) is 6.47 Å². The normalized spacial score (nSPS) is 27.3. The van der Waals surface area contributed by atoms with Crippen LogP contribution in [0.15, 0.2) is 0 Å². The summed E-state index contributed by atoms with van der Waals surface area (Å²) >= 11 is 0. The molecule has 62 valence electrons. The topological polar surface area (TPSA) is 94.0 Å². The predicted octanol–water partition coefficient (Wildman–Crippen LogP) is -1.45. The van der Waals surface area contributed by atoms with Gasteiger partial charge in [0.2, 0.25) is 0 Å². The number of amides is 2. The van der Waals surface area contributed by atoms with Crippen LogP contribution in [0.3, 0.4) is 0 Å². The summed E-state index contributed by atoms with van der Waals surface area (Å²) in [5.41, 5.74) is 4.78. The first-order valence-corrected chi connectivity index (χ1v) is 3.00. The molecule has 0 aliphatic carbocycles. The molecule has 0 aromatic heterocycles. The molecular weight excluding hydrogens is 152 g/mol. The number of urea groups is 1. The summed E-state index contributed by atoms with van der Waals surface area (Å²) in [4.78, 5) is 19.9. The zero-order chi connectivity index (χ0) is 8.27. The maximum Gasteiger partial charge on any atom is 0.314 e. The fourth-order valence-corrected chi connectivity index (χ4v) is 0.671. The Kier molecular flexibility index (Phi) is 2.27. The monoisotopic (exact) mass is 160 g/mol. The Morgan fingerprint density at radius 2 is 2.55 bits per heavy atom. The number of hydrogen-bond acceptors (Lipinski definition) is 4. The second-order valence-electron chi connectivity index (χ2n) is 2.03. The molecule has 1 aliphatic rings. The van der Waals surface area contributed by atoms with Crippen molar-refractivity contribution >= 4 is 12.5 Å². The summed E-state index contributed by atoms with van der Waals surface area (Å²) in [5, 5.41) is 2.30. The van der Waals surface area contributed by atoms with E-state index in [2.05, 4.69) is 10.1 Å². The minimum absolute atomic E-state index is 0.147. The summed E-state index contributed by atoms with van der Waals surface area (Å²) in [5.74, 6) is 0. The van der Waals surface area contributed by atoms with Gasteiger partial charge in [-0.15, -0.1) is 0 Å². The second-order valence-corrected chi connectivity index (χ2v) is 2.03. The van der Waals surface area contributed by atoms with Gasteiger partial charge in [-0.3, -0.25) is 4.79 Å². The fraction of sp³-hybridized carbons (Fsp3) is 0.600. The van der Waals surface area contributed by atoms with Gasteiger partial charge in [0, 0.05) is 0 Å². The first-order chi connectivity index (χ1) is 5.24. The SMILES string of the molecule is NC(=O)NC1OC1COC=O. The van der Waals surface area contributed by atoms with Crippen LogP contribution in [0.1, 0.15) is 0 Å². The van der Waals surface area contributed by atoms with E-state index in [-0.39, 0.29) is 12.7 Å². The highest BCUT2D eigenvalue weighted by molar-refractivity contribution is 5.72. The Bertz CT molecular complexity index is 172. The first-order valence-electron chi connectivity index (χ1n) is 3.00. The molecule has 0 spiro atoms. The number of primary amides is 1. The van der Waals surface area contributed by atoms with Crippen LogP contribution in [-0.4, -0.2) is 31.4 Å². The maximum absolute atomic E-state index is 10.2. The average Bonchev–Trinajstić information content (AvgIpc) is 2.62. The Morgan fingerprint density at radius 3 is 3.09 bits per heavy atom. The van der Waals surface area contributed by atoms with Gasteiger partial charge in [0.1, 0.15) is 12.7 Å². The van der Waals surface area contributed by atoms with Gasteiger partial charge in [0.15, 0.2) is 6.23 Å². The van der Waals surface area contributed by atoms with E-state index >= 15 is 0 Å². The lowest BCUT2D eigenvalue weighted by molar-refractivity contribution is -0.129. The van der Waals surface area contributed by atoms with Gasteiger partial charge < -0.3 is 20.5 Å². The lowest BCUT2D eigenvalue weighted by atomic mass is 10.4. The Hall–Kier alpha value is -1.30. The van der Waals surface area contributed by atoms with Gasteiger partial charge in [0.05, 0.1) is 0 Å². The van der Waals surface area contributed by atoms with E-state index in [9.17, 15) is 9.59 Å². The zero-order valence-corrected chi connectivity index (χ0v) is 5.65. The van der Waals surface area contributed by atoms with E-state index < -0.39 is 12.3 Å². The third-order valence-corrected chi connectivity index (χ3v) is 1.20. The summed E-state index contributed by atoms with van der Waals surface area (Å²) in [6, 6.07) is -0.649. The van der Waals surface area contributed by atoms with Crippen LogP contribution in [-0.2, 0) is 14.3 Å². The highest BCUT2D eigenvalue weighted by atomic mass is 16.6. The van der Waals surface area contributed by atoms with Crippen molar-refractivity contribution in [3.8, 4) is 0 Å². The summed E-state index contributed by atoms with van der Waals surface area (Å²) in [7, 11) is 0. The molecule has 2 atom stereocenters. The molecule has 1 saturated heterocycles. The Morgan fingerprint density at radius 1 is 1.82 bits per heavy atom. The van der Waals surface area contributed by atoms with Crippen molar-refractivity contribution in [3.05, 3.63) is 0 Å². The molecule has 1 rings (SSSR count). The van der Waals surface area contributed by atoms with Gasteiger partial charge in [0.25, 0.3) is 6.47 Å². The van der Waals surface area contributed by atoms with E-state index in [1.54, 1.807) is 0 Å². The third kappa shape index (κ3) is 2.42. The van der Waals surface area contributed by atoms with E-state index in [1.165, 1.54) is 0 Å². The molecule has 0 aromatic rings. The van der Waals surface area contributed by atoms with Crippen LogP contribution in [0.5, 0.6) is 0 Å². The fourth-order valence-electron chi connectivity index (χ4n) is 0.671. The number of carbonyl (C=O) groups is 2. The molecule has 2 unspecified atom stereocenters. The van der Waals surface area contributed by atoms with Crippen LogP contribution in [0, 0.1) is 0 Å². The van der Waals surface area contributed by atoms with Crippen molar-refractivity contribution in [1.29, 1.82) is 0 Å². The van der Waals surface area contributed by atoms with Crippen molar-refractivity contribution < 1.29 is 19.1 Å². The molecule has 1 heterocycles. The quantitative estimate of drug-likeness (QED) is 0.388. The minimum Gasteiger partial charge on any atom is -0.465 e. The van der Waals surface area contributed by atoms with Crippen LogP contribution in [0.25, 0.3) is 0 Å². The highest BCUT2D eigenvalue weighted by Crippen LogP contribution is 2.18. The van der Waals surface area contributed by atoms with E-state index in [1.807, 2.05) is 0 Å². The van der Waals surface area contributed by atoms with Crippen LogP contribution in [0.2, 0.25) is 0 Å². The molecule has 0 bridgehead atoms. The first kappa shape index (κ1) is 7.80. The van der Waals surface area contributed by atoms with Gasteiger partial charge in [-0.05, 0) is 0 Å². The standard InChI is InChI=1S/C5H8N2O4/c6-5(9)7-4-3(11-4)1-10-2-8/h2-4H,1H2,(H3,6,7,9). The third-order valence-electron chi connectivity index (χ3n) is 1.20. The van der Waals surface area contributed by atoms with Gasteiger partial charge in [-0.25, -0.2) is 4.79 Å². The minimum atomic E-state index is -0.649. The molecule has 2 amide bonds. The predicted molar refractivity (Wildman–Crippen MR) is 33.4 cm³/mol. The number of hydrogen-bond donors (Lipinski definition) is 2. The van der Waals surface area contributed by atoms with Gasteiger partial charge >= 0.3 is 6.03 Å².